The Labute approximate surface area is 332 Å². The smallest absolute Gasteiger partial charge is 0.256 e. The van der Waals surface area contributed by atoms with Gasteiger partial charge in [0, 0.05) is 57.4 Å². The Hall–Kier alpha value is -7.19. The first kappa shape index (κ1) is 33.0. The van der Waals surface area contributed by atoms with Crippen molar-refractivity contribution in [2.24, 2.45) is 0 Å². The van der Waals surface area contributed by atoms with Crippen LogP contribution in [0.1, 0.15) is 0 Å². The summed E-state index contributed by atoms with van der Waals surface area (Å²) in [5.74, 6) is -3.24. The van der Waals surface area contributed by atoms with Crippen molar-refractivity contribution in [1.82, 2.24) is 0 Å². The van der Waals surface area contributed by atoms with Crippen molar-refractivity contribution in [1.29, 1.82) is 0 Å². The van der Waals surface area contributed by atoms with Gasteiger partial charge in [0.2, 0.25) is 0 Å². The van der Waals surface area contributed by atoms with E-state index in [0.717, 1.165) is 39.3 Å². The van der Waals surface area contributed by atoms with E-state index in [1.54, 1.807) is 9.80 Å². The molecule has 0 aromatic heterocycles. The standard InChI is InChI=1S/C48H27B2F4N3O/c51-35-25-40-43-47(45(35)53)56(29-16-6-2-7-17-29)38-27-39-34(24-33(38)49(43)31-20-10-12-22-37(31)55(40)28-14-4-1-5-15-28)50-32-21-11-13-23-41(32)58-42-26-36(52)46(54)48(44(42)50)57(39)30-18-8-3-9-19-30/h1-27H. The third-order valence-corrected chi connectivity index (χ3v) is 11.9. The van der Waals surface area contributed by atoms with E-state index < -0.39 is 36.7 Å². The predicted octanol–water partition coefficient (Wildman–Crippen LogP) is 8.73. The first-order chi connectivity index (χ1) is 28.5. The average Bonchev–Trinajstić information content (AvgIpc) is 3.26. The van der Waals surface area contributed by atoms with Crippen molar-refractivity contribution in [3.05, 3.63) is 187 Å². The summed E-state index contributed by atoms with van der Waals surface area (Å²) in [7, 11) is 0. The number of para-hydroxylation sites is 5. The molecular weight excluding hydrogens is 732 g/mol. The summed E-state index contributed by atoms with van der Waals surface area (Å²) in [6, 6.07) is 50.4. The summed E-state index contributed by atoms with van der Waals surface area (Å²) in [6.45, 7) is -1.09. The normalized spacial score (nSPS) is 13.8. The van der Waals surface area contributed by atoms with E-state index in [0.29, 0.717) is 45.1 Å². The van der Waals surface area contributed by atoms with Gasteiger partial charge in [0.1, 0.15) is 11.5 Å². The third kappa shape index (κ3) is 4.42. The second kappa shape index (κ2) is 12.2. The van der Waals surface area contributed by atoms with Gasteiger partial charge in [-0.05, 0) is 81.9 Å². The number of rotatable bonds is 3. The fourth-order valence-electron chi connectivity index (χ4n) is 9.69. The molecule has 8 aromatic rings. The molecule has 58 heavy (non-hydrogen) atoms. The Balaban J connectivity index is 1.23. The van der Waals surface area contributed by atoms with Crippen LogP contribution >= 0.6 is 0 Å². The van der Waals surface area contributed by atoms with E-state index in [1.807, 2.05) is 144 Å². The van der Waals surface area contributed by atoms with Gasteiger partial charge < -0.3 is 19.4 Å². The molecule has 4 aliphatic heterocycles. The van der Waals surface area contributed by atoms with Crippen LogP contribution in [-0.4, -0.2) is 13.4 Å². The number of benzene rings is 8. The molecule has 0 amide bonds. The van der Waals surface area contributed by atoms with Crippen molar-refractivity contribution in [2.45, 2.75) is 0 Å². The molecule has 0 N–H and O–H groups in total. The summed E-state index contributed by atoms with van der Waals surface area (Å²) in [6.07, 6.45) is 0. The number of hydrogen-bond donors (Lipinski definition) is 0. The number of anilines is 9. The molecule has 274 valence electrons. The minimum absolute atomic E-state index is 0.0386. The van der Waals surface area contributed by atoms with Crippen LogP contribution in [0.15, 0.2) is 164 Å². The van der Waals surface area contributed by atoms with Crippen LogP contribution in [0.5, 0.6) is 11.5 Å². The average molecular weight is 759 g/mol. The molecule has 4 nitrogen and oxygen atoms in total. The molecule has 0 bridgehead atoms. The molecule has 0 saturated heterocycles. The number of ether oxygens (including phenoxy) is 1. The second-order valence-corrected chi connectivity index (χ2v) is 14.9. The van der Waals surface area contributed by atoms with Gasteiger partial charge in [0.25, 0.3) is 13.4 Å². The van der Waals surface area contributed by atoms with Gasteiger partial charge >= 0.3 is 0 Å². The zero-order valence-electron chi connectivity index (χ0n) is 30.5. The fraction of sp³-hybridized carbons (Fsp3) is 0. The van der Waals surface area contributed by atoms with E-state index in [4.69, 9.17) is 4.74 Å². The highest BCUT2D eigenvalue weighted by Crippen LogP contribution is 2.49. The Morgan fingerprint density at radius 1 is 0.362 bits per heavy atom. The SMILES string of the molecule is Fc1cc2c3c(c1F)N(c1ccccc1)c1cc4c(cc1B3c1ccccc1O2)B1c2ccccc2N(c2ccccc2)c2cc(F)c(F)c(c21)N4c1ccccc1. The Morgan fingerprint density at radius 2 is 0.845 bits per heavy atom. The maximum absolute atomic E-state index is 17.1. The lowest BCUT2D eigenvalue weighted by molar-refractivity contribution is 0.466. The zero-order chi connectivity index (χ0) is 38.8. The fourth-order valence-corrected chi connectivity index (χ4v) is 9.69. The molecule has 0 unspecified atom stereocenters. The topological polar surface area (TPSA) is 19.0 Å². The van der Waals surface area contributed by atoms with E-state index in [-0.39, 0.29) is 17.1 Å². The molecule has 0 aliphatic carbocycles. The van der Waals surface area contributed by atoms with Gasteiger partial charge in [-0.3, -0.25) is 0 Å². The molecule has 12 rings (SSSR count). The highest BCUT2D eigenvalue weighted by molar-refractivity contribution is 7.02. The molecule has 4 aliphatic rings. The van der Waals surface area contributed by atoms with E-state index >= 15 is 17.6 Å². The largest absolute Gasteiger partial charge is 0.458 e. The molecule has 0 spiro atoms. The first-order valence-electron chi connectivity index (χ1n) is 19.1. The number of fused-ring (bicyclic) bond motifs is 8. The maximum Gasteiger partial charge on any atom is 0.256 e. The summed E-state index contributed by atoms with van der Waals surface area (Å²) >= 11 is 0. The van der Waals surface area contributed by atoms with Gasteiger partial charge in [-0.25, -0.2) is 17.6 Å². The lowest BCUT2D eigenvalue weighted by atomic mass is 9.30. The highest BCUT2D eigenvalue weighted by Gasteiger charge is 2.49. The van der Waals surface area contributed by atoms with Crippen LogP contribution in [0.25, 0.3) is 0 Å². The van der Waals surface area contributed by atoms with Gasteiger partial charge in [0.05, 0.1) is 11.4 Å². The predicted molar refractivity (Wildman–Crippen MR) is 226 cm³/mol. The molecule has 0 saturated carbocycles. The lowest BCUT2D eigenvalue weighted by Crippen LogP contribution is -2.65. The molecule has 0 atom stereocenters. The van der Waals surface area contributed by atoms with Gasteiger partial charge in [-0.2, -0.15) is 0 Å². The van der Waals surface area contributed by atoms with Crippen LogP contribution < -0.4 is 52.2 Å². The molecule has 4 heterocycles. The Kier molecular flexibility index (Phi) is 6.91. The van der Waals surface area contributed by atoms with E-state index in [9.17, 15) is 0 Å². The van der Waals surface area contributed by atoms with Crippen molar-refractivity contribution >= 4 is 97.4 Å². The zero-order valence-corrected chi connectivity index (χ0v) is 30.5. The van der Waals surface area contributed by atoms with Crippen LogP contribution in [-0.2, 0) is 0 Å². The molecule has 10 heteroatoms. The maximum atomic E-state index is 17.1. The third-order valence-electron chi connectivity index (χ3n) is 11.9. The van der Waals surface area contributed by atoms with Crippen molar-refractivity contribution in [2.75, 3.05) is 14.7 Å². The number of nitrogens with zero attached hydrogens (tertiary/aromatic N) is 3. The van der Waals surface area contributed by atoms with Crippen molar-refractivity contribution in [3.63, 3.8) is 0 Å². The van der Waals surface area contributed by atoms with Crippen LogP contribution in [0.3, 0.4) is 0 Å². The van der Waals surface area contributed by atoms with E-state index in [1.165, 1.54) is 6.07 Å². The number of halogens is 4. The first-order valence-corrected chi connectivity index (χ1v) is 19.1. The molecule has 0 fully saturated rings. The Bertz CT molecular complexity index is 3030. The van der Waals surface area contributed by atoms with E-state index in [2.05, 4.69) is 12.1 Å². The Morgan fingerprint density at radius 3 is 1.47 bits per heavy atom. The lowest BCUT2D eigenvalue weighted by Gasteiger charge is -2.46. The summed E-state index contributed by atoms with van der Waals surface area (Å²) < 4.78 is 72.4. The van der Waals surface area contributed by atoms with Crippen LogP contribution in [0.4, 0.5) is 68.7 Å². The molecule has 8 aromatic carbocycles. The van der Waals surface area contributed by atoms with Crippen LogP contribution in [0.2, 0.25) is 0 Å². The molecular formula is C48H27B2F4N3O. The highest BCUT2D eigenvalue weighted by atomic mass is 19.2. The summed E-state index contributed by atoms with van der Waals surface area (Å²) in [5.41, 5.74) is 9.21. The molecule has 0 radical (unpaired) electrons. The van der Waals surface area contributed by atoms with Gasteiger partial charge in [-0.1, -0.05) is 97.1 Å². The minimum Gasteiger partial charge on any atom is -0.458 e. The van der Waals surface area contributed by atoms with Crippen molar-refractivity contribution < 1.29 is 22.3 Å². The van der Waals surface area contributed by atoms with Gasteiger partial charge in [-0.15, -0.1) is 0 Å². The van der Waals surface area contributed by atoms with Gasteiger partial charge in [0.15, 0.2) is 23.3 Å². The summed E-state index contributed by atoms with van der Waals surface area (Å²) in [4.78, 5) is 5.52. The number of hydrogen-bond acceptors (Lipinski definition) is 4. The van der Waals surface area contributed by atoms with Crippen LogP contribution in [0, 0.1) is 23.3 Å². The second-order valence-electron chi connectivity index (χ2n) is 14.9. The monoisotopic (exact) mass is 759 g/mol. The minimum atomic E-state index is -1.04. The summed E-state index contributed by atoms with van der Waals surface area (Å²) in [5, 5.41) is 0. The quantitative estimate of drug-likeness (QED) is 0.133. The van der Waals surface area contributed by atoms with Crippen molar-refractivity contribution in [3.8, 4) is 11.5 Å².